The fourth-order valence-electron chi connectivity index (χ4n) is 3.90. The minimum atomic E-state index is 0.297. The molecule has 0 unspecified atom stereocenters. The summed E-state index contributed by atoms with van der Waals surface area (Å²) in [6.07, 6.45) is 6.31. The van der Waals surface area contributed by atoms with Crippen LogP contribution in [0.15, 0.2) is 4.52 Å². The third-order valence-corrected chi connectivity index (χ3v) is 5.77. The summed E-state index contributed by atoms with van der Waals surface area (Å²) in [7, 11) is 0. The Kier molecular flexibility index (Phi) is 5.31. The van der Waals surface area contributed by atoms with Crippen molar-refractivity contribution in [3.05, 3.63) is 11.7 Å². The van der Waals surface area contributed by atoms with Gasteiger partial charge in [0.15, 0.2) is 5.82 Å². The molecule has 1 saturated carbocycles. The Balaban J connectivity index is 1.29. The monoisotopic (exact) mass is 348 g/mol. The van der Waals surface area contributed by atoms with E-state index in [0.29, 0.717) is 24.3 Å². The number of aromatic nitrogens is 2. The van der Waals surface area contributed by atoms with Crippen LogP contribution in [0.4, 0.5) is 0 Å². The van der Waals surface area contributed by atoms with E-state index in [2.05, 4.69) is 19.9 Å². The van der Waals surface area contributed by atoms with E-state index in [1.165, 1.54) is 6.42 Å². The van der Waals surface area contributed by atoms with Crippen LogP contribution >= 0.6 is 0 Å². The zero-order valence-electron chi connectivity index (χ0n) is 14.9. The Morgan fingerprint density at radius 1 is 1.04 bits per heavy atom. The third kappa shape index (κ3) is 4.03. The van der Waals surface area contributed by atoms with Crippen LogP contribution in [0.2, 0.25) is 0 Å². The molecule has 138 valence electrons. The highest BCUT2D eigenvalue weighted by Crippen LogP contribution is 2.29. The van der Waals surface area contributed by atoms with Crippen molar-refractivity contribution >= 4 is 5.91 Å². The number of amides is 1. The maximum atomic E-state index is 12.4. The second-order valence-corrected chi connectivity index (χ2v) is 7.52. The summed E-state index contributed by atoms with van der Waals surface area (Å²) in [5.41, 5.74) is 0. The summed E-state index contributed by atoms with van der Waals surface area (Å²) in [4.78, 5) is 21.4. The molecule has 3 aliphatic rings. The molecule has 2 saturated heterocycles. The zero-order chi connectivity index (χ0) is 17.1. The van der Waals surface area contributed by atoms with Crippen molar-refractivity contribution in [3.8, 4) is 0 Å². The molecule has 0 atom stereocenters. The van der Waals surface area contributed by atoms with Gasteiger partial charge in [0.05, 0.1) is 6.54 Å². The van der Waals surface area contributed by atoms with E-state index < -0.39 is 0 Å². The van der Waals surface area contributed by atoms with Crippen molar-refractivity contribution < 1.29 is 14.1 Å². The van der Waals surface area contributed by atoms with Gasteiger partial charge in [-0.2, -0.15) is 4.98 Å². The predicted molar refractivity (Wildman–Crippen MR) is 90.9 cm³/mol. The minimum Gasteiger partial charge on any atom is -0.381 e. The first-order chi connectivity index (χ1) is 12.3. The Morgan fingerprint density at radius 2 is 1.88 bits per heavy atom. The maximum Gasteiger partial charge on any atom is 0.229 e. The molecule has 7 heteroatoms. The van der Waals surface area contributed by atoms with E-state index in [9.17, 15) is 4.79 Å². The lowest BCUT2D eigenvalue weighted by molar-refractivity contribution is -0.138. The number of hydrogen-bond acceptors (Lipinski definition) is 6. The molecule has 0 radical (unpaired) electrons. The van der Waals surface area contributed by atoms with Gasteiger partial charge in [0.25, 0.3) is 0 Å². The van der Waals surface area contributed by atoms with E-state index in [4.69, 9.17) is 9.26 Å². The van der Waals surface area contributed by atoms with Crippen molar-refractivity contribution in [2.45, 2.75) is 51.0 Å². The summed E-state index contributed by atoms with van der Waals surface area (Å²) in [5.74, 6) is 2.53. The minimum absolute atomic E-state index is 0.297. The number of carbonyl (C=O) groups is 1. The normalized spacial score (nSPS) is 24.1. The van der Waals surface area contributed by atoms with Crippen molar-refractivity contribution in [1.82, 2.24) is 19.9 Å². The lowest BCUT2D eigenvalue weighted by Gasteiger charge is -2.31. The molecule has 0 bridgehead atoms. The average molecular weight is 348 g/mol. The fourth-order valence-corrected chi connectivity index (χ4v) is 3.90. The lowest BCUT2D eigenvalue weighted by Crippen LogP contribution is -2.41. The van der Waals surface area contributed by atoms with Gasteiger partial charge in [0.2, 0.25) is 11.8 Å². The van der Waals surface area contributed by atoms with E-state index in [1.54, 1.807) is 0 Å². The highest BCUT2D eigenvalue weighted by molar-refractivity contribution is 5.79. The van der Waals surface area contributed by atoms with Crippen LogP contribution in [-0.2, 0) is 16.1 Å². The molecule has 4 rings (SSSR count). The van der Waals surface area contributed by atoms with Crippen LogP contribution in [0.3, 0.4) is 0 Å². The van der Waals surface area contributed by atoms with Crippen LogP contribution in [-0.4, -0.2) is 65.2 Å². The highest BCUT2D eigenvalue weighted by atomic mass is 16.5. The molecule has 1 aliphatic carbocycles. The smallest absolute Gasteiger partial charge is 0.229 e. The zero-order valence-corrected chi connectivity index (χ0v) is 14.9. The van der Waals surface area contributed by atoms with Crippen LogP contribution in [0, 0.1) is 5.92 Å². The van der Waals surface area contributed by atoms with Crippen molar-refractivity contribution in [3.63, 3.8) is 0 Å². The number of rotatable bonds is 4. The molecular weight excluding hydrogens is 320 g/mol. The molecular formula is C18H28N4O3. The molecule has 7 nitrogen and oxygen atoms in total. The molecule has 3 fully saturated rings. The van der Waals surface area contributed by atoms with Gasteiger partial charge in [-0.25, -0.2) is 0 Å². The summed E-state index contributed by atoms with van der Waals surface area (Å²) >= 11 is 0. The van der Waals surface area contributed by atoms with Crippen LogP contribution < -0.4 is 0 Å². The van der Waals surface area contributed by atoms with E-state index in [1.807, 2.05) is 0 Å². The topological polar surface area (TPSA) is 71.7 Å². The first-order valence-electron chi connectivity index (χ1n) is 9.71. The molecule has 1 aromatic rings. The maximum absolute atomic E-state index is 12.4. The molecule has 25 heavy (non-hydrogen) atoms. The van der Waals surface area contributed by atoms with Crippen LogP contribution in [0.25, 0.3) is 0 Å². The van der Waals surface area contributed by atoms with Gasteiger partial charge in [-0.15, -0.1) is 0 Å². The Hall–Kier alpha value is -1.47. The molecule has 2 aliphatic heterocycles. The molecule has 3 heterocycles. The number of hydrogen-bond donors (Lipinski definition) is 0. The molecule has 0 N–H and O–H groups in total. The number of nitrogens with zero attached hydrogens (tertiary/aromatic N) is 4. The largest absolute Gasteiger partial charge is 0.381 e. The third-order valence-electron chi connectivity index (χ3n) is 5.77. The number of ether oxygens (including phenoxy) is 1. The van der Waals surface area contributed by atoms with Gasteiger partial charge in [0.1, 0.15) is 0 Å². The van der Waals surface area contributed by atoms with Crippen LogP contribution in [0.5, 0.6) is 0 Å². The number of carbonyl (C=O) groups excluding carboxylic acids is 1. The molecule has 0 aromatic carbocycles. The van der Waals surface area contributed by atoms with E-state index in [-0.39, 0.29) is 0 Å². The summed E-state index contributed by atoms with van der Waals surface area (Å²) in [5, 5.41) is 4.17. The van der Waals surface area contributed by atoms with Gasteiger partial charge in [0, 0.05) is 51.2 Å². The lowest BCUT2D eigenvalue weighted by atomic mass is 9.84. The molecule has 0 spiro atoms. The van der Waals surface area contributed by atoms with Gasteiger partial charge < -0.3 is 14.2 Å². The van der Waals surface area contributed by atoms with E-state index in [0.717, 1.165) is 83.2 Å². The fraction of sp³-hybridized carbons (Fsp3) is 0.833. The quantitative estimate of drug-likeness (QED) is 0.826. The van der Waals surface area contributed by atoms with Crippen molar-refractivity contribution in [2.75, 3.05) is 39.4 Å². The first kappa shape index (κ1) is 17.0. The standard InChI is InChI=1S/C18H28N4O3/c23-18(15-3-1-4-15)22-8-2-7-21(9-10-22)13-16-19-17(25-20-16)14-5-11-24-12-6-14/h14-15H,1-13H2. The van der Waals surface area contributed by atoms with Gasteiger partial charge >= 0.3 is 0 Å². The highest BCUT2D eigenvalue weighted by Gasteiger charge is 2.30. The SMILES string of the molecule is O=C(C1CCC1)N1CCCN(Cc2noc(C3CCOCC3)n2)CC1. The molecule has 1 aromatic heterocycles. The second-order valence-electron chi connectivity index (χ2n) is 7.52. The Bertz CT molecular complexity index is 581. The van der Waals surface area contributed by atoms with Crippen LogP contribution in [0.1, 0.15) is 56.2 Å². The van der Waals surface area contributed by atoms with Crippen molar-refractivity contribution in [1.29, 1.82) is 0 Å². The van der Waals surface area contributed by atoms with Gasteiger partial charge in [-0.3, -0.25) is 9.69 Å². The Morgan fingerprint density at radius 3 is 2.64 bits per heavy atom. The predicted octanol–water partition coefficient (Wildman–Crippen LogP) is 1.80. The molecule has 1 amide bonds. The average Bonchev–Trinajstić information content (AvgIpc) is 2.92. The second kappa shape index (κ2) is 7.83. The summed E-state index contributed by atoms with van der Waals surface area (Å²) in [6.45, 7) is 5.83. The Labute approximate surface area is 148 Å². The van der Waals surface area contributed by atoms with Gasteiger partial charge in [-0.1, -0.05) is 11.6 Å². The summed E-state index contributed by atoms with van der Waals surface area (Å²) < 4.78 is 10.9. The van der Waals surface area contributed by atoms with E-state index >= 15 is 0 Å². The summed E-state index contributed by atoms with van der Waals surface area (Å²) in [6, 6.07) is 0. The van der Waals surface area contributed by atoms with Gasteiger partial charge in [-0.05, 0) is 32.1 Å². The first-order valence-corrected chi connectivity index (χ1v) is 9.71. The van der Waals surface area contributed by atoms with Crippen molar-refractivity contribution in [2.24, 2.45) is 5.92 Å².